The Morgan fingerprint density at radius 3 is 1.07 bits per heavy atom. The predicted molar refractivity (Wildman–Crippen MR) is 55.9 cm³/mol. The Labute approximate surface area is 89.7 Å². The van der Waals surface area contributed by atoms with E-state index < -0.39 is 0 Å². The largest absolute Gasteiger partial charge is 0.396 e. The molecule has 15 heavy (non-hydrogen) atoms. The van der Waals surface area contributed by atoms with E-state index in [0.29, 0.717) is 19.3 Å². The van der Waals surface area contributed by atoms with E-state index in [1.807, 2.05) is 0 Å². The van der Waals surface area contributed by atoms with Crippen molar-refractivity contribution in [2.24, 2.45) is 0 Å². The zero-order chi connectivity index (χ0) is 11.1. The van der Waals surface area contributed by atoms with Crippen molar-refractivity contribution in [1.82, 2.24) is 16.0 Å². The maximum absolute atomic E-state index is 8.85. The maximum atomic E-state index is 8.85. The van der Waals surface area contributed by atoms with Crippen LogP contribution in [-0.2, 0) is 0 Å². The first kappa shape index (κ1) is 12.8. The highest BCUT2D eigenvalue weighted by Gasteiger charge is 2.25. The monoisotopic (exact) mass is 219 g/mol. The Bertz CT molecular complexity index is 136. The SMILES string of the molecule is OCCC1NC(CCO)NC(CCO)N1. The summed E-state index contributed by atoms with van der Waals surface area (Å²) < 4.78 is 0. The minimum Gasteiger partial charge on any atom is -0.396 e. The van der Waals surface area contributed by atoms with Crippen LogP contribution in [0.4, 0.5) is 0 Å². The Morgan fingerprint density at radius 1 is 0.600 bits per heavy atom. The van der Waals surface area contributed by atoms with E-state index >= 15 is 0 Å². The number of hydrogen-bond acceptors (Lipinski definition) is 6. The molecule has 1 aliphatic rings. The van der Waals surface area contributed by atoms with Crippen LogP contribution in [0.5, 0.6) is 0 Å². The summed E-state index contributed by atoms with van der Waals surface area (Å²) in [5, 5.41) is 36.2. The van der Waals surface area contributed by atoms with Gasteiger partial charge in [-0.25, -0.2) is 0 Å². The molecule has 1 aliphatic heterocycles. The lowest BCUT2D eigenvalue weighted by molar-refractivity contribution is 0.128. The molecular formula is C9H21N3O3. The van der Waals surface area contributed by atoms with Gasteiger partial charge in [-0.15, -0.1) is 0 Å². The molecule has 0 aromatic rings. The van der Waals surface area contributed by atoms with Crippen molar-refractivity contribution in [2.45, 2.75) is 37.8 Å². The molecule has 0 aromatic heterocycles. The topological polar surface area (TPSA) is 96.8 Å². The molecule has 6 heteroatoms. The molecule has 1 saturated heterocycles. The third-order valence-electron chi connectivity index (χ3n) is 2.46. The van der Waals surface area contributed by atoms with Crippen molar-refractivity contribution in [2.75, 3.05) is 19.8 Å². The fraction of sp³-hybridized carbons (Fsp3) is 1.00. The first-order valence-electron chi connectivity index (χ1n) is 5.41. The highest BCUT2D eigenvalue weighted by atomic mass is 16.3. The fourth-order valence-electron chi connectivity index (χ4n) is 1.76. The third-order valence-corrected chi connectivity index (χ3v) is 2.46. The van der Waals surface area contributed by atoms with Gasteiger partial charge < -0.3 is 15.3 Å². The van der Waals surface area contributed by atoms with Crippen molar-refractivity contribution in [3.8, 4) is 0 Å². The van der Waals surface area contributed by atoms with Crippen molar-refractivity contribution in [3.05, 3.63) is 0 Å². The van der Waals surface area contributed by atoms with Crippen LogP contribution >= 0.6 is 0 Å². The number of nitrogens with one attached hydrogen (secondary N) is 3. The summed E-state index contributed by atoms with van der Waals surface area (Å²) in [6.45, 7) is 0.340. The molecule has 0 radical (unpaired) electrons. The van der Waals surface area contributed by atoms with Gasteiger partial charge in [-0.2, -0.15) is 0 Å². The average Bonchev–Trinajstić information content (AvgIpc) is 2.19. The number of aliphatic hydroxyl groups excluding tert-OH is 3. The molecule has 0 bridgehead atoms. The smallest absolute Gasteiger partial charge is 0.0617 e. The highest BCUT2D eigenvalue weighted by Crippen LogP contribution is 2.03. The molecule has 1 fully saturated rings. The van der Waals surface area contributed by atoms with Crippen molar-refractivity contribution in [1.29, 1.82) is 0 Å². The zero-order valence-corrected chi connectivity index (χ0v) is 8.82. The average molecular weight is 219 g/mol. The lowest BCUT2D eigenvalue weighted by Crippen LogP contribution is -2.67. The number of hydrogen-bond donors (Lipinski definition) is 6. The van der Waals surface area contributed by atoms with Gasteiger partial charge in [0.2, 0.25) is 0 Å². The summed E-state index contributed by atoms with van der Waals surface area (Å²) in [4.78, 5) is 0. The van der Waals surface area contributed by atoms with Gasteiger partial charge in [-0.1, -0.05) is 0 Å². The van der Waals surface area contributed by atoms with Crippen LogP contribution in [-0.4, -0.2) is 53.6 Å². The van der Waals surface area contributed by atoms with Crippen LogP contribution in [0.1, 0.15) is 19.3 Å². The second kappa shape index (κ2) is 7.10. The molecule has 0 aliphatic carbocycles. The molecule has 0 unspecified atom stereocenters. The third kappa shape index (κ3) is 4.42. The first-order valence-corrected chi connectivity index (χ1v) is 5.41. The molecule has 1 rings (SSSR count). The van der Waals surface area contributed by atoms with Crippen LogP contribution < -0.4 is 16.0 Å². The summed E-state index contributed by atoms with van der Waals surface area (Å²) >= 11 is 0. The maximum Gasteiger partial charge on any atom is 0.0617 e. The van der Waals surface area contributed by atoms with Gasteiger partial charge in [0.1, 0.15) is 0 Å². The van der Waals surface area contributed by atoms with E-state index in [1.165, 1.54) is 0 Å². The van der Waals surface area contributed by atoms with Crippen LogP contribution in [0.15, 0.2) is 0 Å². The standard InChI is InChI=1S/C9H21N3O3/c13-4-1-7-10-8(2-5-14)12-9(11-7)3-6-15/h7-15H,1-6H2. The minimum atomic E-state index is 0.0318. The summed E-state index contributed by atoms with van der Waals surface area (Å²) in [6, 6.07) is 0. The number of rotatable bonds is 6. The molecule has 0 spiro atoms. The van der Waals surface area contributed by atoms with Gasteiger partial charge in [0, 0.05) is 19.8 Å². The van der Waals surface area contributed by atoms with Crippen molar-refractivity contribution < 1.29 is 15.3 Å². The lowest BCUT2D eigenvalue weighted by Gasteiger charge is -2.38. The summed E-state index contributed by atoms with van der Waals surface area (Å²) in [7, 11) is 0. The Hall–Kier alpha value is -0.240. The molecule has 1 heterocycles. The molecule has 0 atom stereocenters. The summed E-state index contributed by atoms with van der Waals surface area (Å²) in [5.41, 5.74) is 0. The van der Waals surface area contributed by atoms with Crippen LogP contribution in [0.3, 0.4) is 0 Å². The molecular weight excluding hydrogens is 198 g/mol. The van der Waals surface area contributed by atoms with Gasteiger partial charge in [0.05, 0.1) is 18.5 Å². The van der Waals surface area contributed by atoms with Crippen LogP contribution in [0, 0.1) is 0 Å². The van der Waals surface area contributed by atoms with E-state index in [-0.39, 0.29) is 38.3 Å². The van der Waals surface area contributed by atoms with Crippen molar-refractivity contribution in [3.63, 3.8) is 0 Å². The second-order valence-corrected chi connectivity index (χ2v) is 3.69. The van der Waals surface area contributed by atoms with Gasteiger partial charge in [0.25, 0.3) is 0 Å². The van der Waals surface area contributed by atoms with E-state index in [9.17, 15) is 0 Å². The number of aliphatic hydroxyl groups is 3. The molecule has 90 valence electrons. The molecule has 0 amide bonds. The summed E-state index contributed by atoms with van der Waals surface area (Å²) in [5.74, 6) is 0. The first-order chi connectivity index (χ1) is 7.30. The summed E-state index contributed by atoms with van der Waals surface area (Å²) in [6.07, 6.45) is 1.95. The zero-order valence-electron chi connectivity index (χ0n) is 8.82. The van der Waals surface area contributed by atoms with E-state index in [2.05, 4.69) is 16.0 Å². The van der Waals surface area contributed by atoms with Crippen LogP contribution in [0.2, 0.25) is 0 Å². The van der Waals surface area contributed by atoms with Gasteiger partial charge >= 0.3 is 0 Å². The molecule has 0 aromatic carbocycles. The Balaban J connectivity index is 2.40. The predicted octanol–water partition coefficient (Wildman–Crippen LogP) is -2.11. The fourth-order valence-corrected chi connectivity index (χ4v) is 1.76. The van der Waals surface area contributed by atoms with E-state index in [0.717, 1.165) is 0 Å². The molecule has 0 saturated carbocycles. The Morgan fingerprint density at radius 2 is 0.867 bits per heavy atom. The normalized spacial score (nSPS) is 31.8. The molecule has 6 N–H and O–H groups in total. The lowest BCUT2D eigenvalue weighted by atomic mass is 10.2. The van der Waals surface area contributed by atoms with E-state index in [1.54, 1.807) is 0 Å². The second-order valence-electron chi connectivity index (χ2n) is 3.69. The minimum absolute atomic E-state index is 0.0318. The van der Waals surface area contributed by atoms with Crippen LogP contribution in [0.25, 0.3) is 0 Å². The van der Waals surface area contributed by atoms with Gasteiger partial charge in [0.15, 0.2) is 0 Å². The van der Waals surface area contributed by atoms with Crippen molar-refractivity contribution >= 4 is 0 Å². The van der Waals surface area contributed by atoms with Gasteiger partial charge in [-0.3, -0.25) is 16.0 Å². The quantitative estimate of drug-likeness (QED) is 0.306. The highest BCUT2D eigenvalue weighted by molar-refractivity contribution is 4.82. The molecule has 6 nitrogen and oxygen atoms in total. The Kier molecular flexibility index (Phi) is 6.07. The van der Waals surface area contributed by atoms with E-state index in [4.69, 9.17) is 15.3 Å². The van der Waals surface area contributed by atoms with Gasteiger partial charge in [-0.05, 0) is 19.3 Å².